The van der Waals surface area contributed by atoms with E-state index < -0.39 is 0 Å². The van der Waals surface area contributed by atoms with Gasteiger partial charge in [-0.15, -0.1) is 0 Å². The predicted molar refractivity (Wildman–Crippen MR) is 132 cm³/mol. The summed E-state index contributed by atoms with van der Waals surface area (Å²) < 4.78 is 1.56. The highest BCUT2D eigenvalue weighted by Gasteiger charge is 2.16. The highest BCUT2D eigenvalue weighted by molar-refractivity contribution is 5.94. The number of amides is 1. The molecule has 2 aromatic heterocycles. The fraction of sp³-hybridized carbons (Fsp3) is 0.111. The van der Waals surface area contributed by atoms with Gasteiger partial charge in [-0.2, -0.15) is 0 Å². The highest BCUT2D eigenvalue weighted by atomic mass is 16.1. The average molecular weight is 450 g/mol. The first-order valence-electron chi connectivity index (χ1n) is 11.0. The highest BCUT2D eigenvalue weighted by Crippen LogP contribution is 2.19. The largest absolute Gasteiger partial charge is 0.342 e. The Hall–Kier alpha value is -4.52. The Morgan fingerprint density at radius 1 is 0.971 bits per heavy atom. The van der Waals surface area contributed by atoms with E-state index >= 15 is 0 Å². The zero-order chi connectivity index (χ0) is 23.7. The Morgan fingerprint density at radius 2 is 1.68 bits per heavy atom. The number of carbonyl (C=O) groups excluding carboxylic acids is 1. The monoisotopic (exact) mass is 449 g/mol. The molecule has 5 rings (SSSR count). The van der Waals surface area contributed by atoms with E-state index in [-0.39, 0.29) is 17.5 Å². The van der Waals surface area contributed by atoms with Gasteiger partial charge >= 0.3 is 0 Å². The number of para-hydroxylation sites is 1. The van der Waals surface area contributed by atoms with E-state index in [1.807, 2.05) is 55.5 Å². The Morgan fingerprint density at radius 3 is 2.44 bits per heavy atom. The summed E-state index contributed by atoms with van der Waals surface area (Å²) in [5.74, 6) is 1.03. The van der Waals surface area contributed by atoms with E-state index in [1.165, 1.54) is 0 Å². The van der Waals surface area contributed by atoms with Gasteiger partial charge < -0.3 is 10.3 Å². The molecule has 0 spiro atoms. The van der Waals surface area contributed by atoms with Crippen LogP contribution in [0, 0.1) is 6.92 Å². The molecule has 0 radical (unpaired) electrons. The number of fused-ring (bicyclic) bond motifs is 1. The number of nitrogens with zero attached hydrogens (tertiary/aromatic N) is 3. The summed E-state index contributed by atoms with van der Waals surface area (Å²) in [6, 6.07) is 23.8. The molecule has 7 nitrogen and oxygen atoms in total. The van der Waals surface area contributed by atoms with Crippen LogP contribution in [-0.2, 0) is 0 Å². The molecule has 34 heavy (non-hydrogen) atoms. The van der Waals surface area contributed by atoms with E-state index in [9.17, 15) is 9.59 Å². The Balaban J connectivity index is 1.34. The van der Waals surface area contributed by atoms with Gasteiger partial charge in [-0.25, -0.2) is 9.97 Å². The Kier molecular flexibility index (Phi) is 5.51. The van der Waals surface area contributed by atoms with E-state index in [0.29, 0.717) is 33.8 Å². The van der Waals surface area contributed by atoms with Gasteiger partial charge in [-0.1, -0.05) is 42.5 Å². The van der Waals surface area contributed by atoms with Crippen molar-refractivity contribution in [2.75, 3.05) is 0 Å². The van der Waals surface area contributed by atoms with Gasteiger partial charge in [-0.3, -0.25) is 14.2 Å². The third-order valence-electron chi connectivity index (χ3n) is 5.77. The second-order valence-electron chi connectivity index (χ2n) is 8.11. The van der Waals surface area contributed by atoms with Crippen LogP contribution in [0.25, 0.3) is 27.8 Å². The zero-order valence-corrected chi connectivity index (χ0v) is 18.8. The summed E-state index contributed by atoms with van der Waals surface area (Å²) in [6.07, 6.45) is 1.76. The maximum Gasteiger partial charge on any atom is 0.265 e. The average Bonchev–Trinajstić information content (AvgIpc) is 3.36. The Bertz CT molecular complexity index is 1540. The number of hydrogen-bond donors (Lipinski definition) is 2. The lowest BCUT2D eigenvalue weighted by atomic mass is 10.1. The van der Waals surface area contributed by atoms with Gasteiger partial charge in [0.25, 0.3) is 11.5 Å². The summed E-state index contributed by atoms with van der Waals surface area (Å²) in [6.45, 7) is 3.67. The third-order valence-corrected chi connectivity index (χ3v) is 5.77. The number of rotatable bonds is 5. The molecule has 0 aliphatic carbocycles. The normalized spacial score (nSPS) is 11.9. The maximum atomic E-state index is 13.0. The first kappa shape index (κ1) is 21.3. The summed E-state index contributed by atoms with van der Waals surface area (Å²) in [4.78, 5) is 38.1. The minimum atomic E-state index is -0.306. The molecule has 2 N–H and O–H groups in total. The van der Waals surface area contributed by atoms with Gasteiger partial charge in [0.15, 0.2) is 0 Å². The molecule has 5 aromatic rings. The van der Waals surface area contributed by atoms with Crippen molar-refractivity contribution in [1.82, 2.24) is 24.8 Å². The smallest absolute Gasteiger partial charge is 0.265 e. The minimum Gasteiger partial charge on any atom is -0.342 e. The van der Waals surface area contributed by atoms with E-state index in [0.717, 1.165) is 11.3 Å². The van der Waals surface area contributed by atoms with Gasteiger partial charge in [-0.05, 0) is 55.8 Å². The van der Waals surface area contributed by atoms with Crippen molar-refractivity contribution in [2.24, 2.45) is 0 Å². The van der Waals surface area contributed by atoms with Crippen molar-refractivity contribution in [3.63, 3.8) is 0 Å². The molecule has 168 valence electrons. The van der Waals surface area contributed by atoms with E-state index in [2.05, 4.69) is 20.3 Å². The molecule has 0 saturated carbocycles. The predicted octanol–water partition coefficient (Wildman–Crippen LogP) is 4.58. The van der Waals surface area contributed by atoms with Gasteiger partial charge in [0.05, 0.1) is 34.5 Å². The number of aromatic nitrogens is 4. The summed E-state index contributed by atoms with van der Waals surface area (Å²) in [5, 5.41) is 3.52. The topological polar surface area (TPSA) is 92.7 Å². The Labute approximate surface area is 196 Å². The fourth-order valence-corrected chi connectivity index (χ4v) is 3.98. The first-order valence-corrected chi connectivity index (χ1v) is 11.0. The lowest BCUT2D eigenvalue weighted by Crippen LogP contribution is -2.27. The van der Waals surface area contributed by atoms with Crippen LogP contribution in [0.3, 0.4) is 0 Å². The number of imidazole rings is 1. The second kappa shape index (κ2) is 8.78. The molecular weight excluding hydrogens is 426 g/mol. The molecule has 1 amide bonds. The third kappa shape index (κ3) is 3.99. The quantitative estimate of drug-likeness (QED) is 0.411. The molecule has 1 atom stereocenters. The van der Waals surface area contributed by atoms with Crippen LogP contribution in [0.4, 0.5) is 0 Å². The molecule has 1 unspecified atom stereocenters. The van der Waals surface area contributed by atoms with Crippen molar-refractivity contribution in [2.45, 2.75) is 19.9 Å². The van der Waals surface area contributed by atoms with E-state index in [1.54, 1.807) is 48.0 Å². The standard InChI is InChI=1S/C27H23N5O2/c1-17(25-28-16-24(31-25)19-8-4-3-5-9-19)29-26(33)20-12-14-21(15-13-20)32-18(2)30-23-11-7-6-10-22(23)27(32)34/h3-17H,1-2H3,(H,28,31)(H,29,33). The SMILES string of the molecule is Cc1nc2ccccc2c(=O)n1-c1ccc(C(=O)NC(C)c2ncc(-c3ccccc3)[nH]2)cc1. The summed E-state index contributed by atoms with van der Waals surface area (Å²) in [7, 11) is 0. The molecule has 2 heterocycles. The fourth-order valence-electron chi connectivity index (χ4n) is 3.98. The van der Waals surface area contributed by atoms with Crippen molar-refractivity contribution >= 4 is 16.8 Å². The number of aromatic amines is 1. The first-order chi connectivity index (χ1) is 16.5. The molecule has 3 aromatic carbocycles. The number of aryl methyl sites for hydroxylation is 1. The van der Waals surface area contributed by atoms with Crippen molar-refractivity contribution in [1.29, 1.82) is 0 Å². The lowest BCUT2D eigenvalue weighted by molar-refractivity contribution is 0.0938. The molecule has 0 aliphatic rings. The molecule has 0 fully saturated rings. The van der Waals surface area contributed by atoms with Crippen LogP contribution in [0.15, 0.2) is 89.9 Å². The number of benzene rings is 3. The molecule has 0 bridgehead atoms. The van der Waals surface area contributed by atoms with Crippen LogP contribution in [-0.4, -0.2) is 25.4 Å². The van der Waals surface area contributed by atoms with Crippen molar-refractivity contribution in [3.8, 4) is 16.9 Å². The number of hydrogen-bond acceptors (Lipinski definition) is 4. The van der Waals surface area contributed by atoms with Crippen LogP contribution in [0.5, 0.6) is 0 Å². The summed E-state index contributed by atoms with van der Waals surface area (Å²) >= 11 is 0. The van der Waals surface area contributed by atoms with E-state index in [4.69, 9.17) is 0 Å². The van der Waals surface area contributed by atoms with Crippen molar-refractivity contribution < 1.29 is 4.79 Å². The molecule has 0 saturated heterocycles. The molecule has 0 aliphatic heterocycles. The van der Waals surface area contributed by atoms with Crippen LogP contribution in [0.2, 0.25) is 0 Å². The van der Waals surface area contributed by atoms with Gasteiger partial charge in [0.1, 0.15) is 11.6 Å². The minimum absolute atomic E-state index is 0.138. The zero-order valence-electron chi connectivity index (χ0n) is 18.8. The van der Waals surface area contributed by atoms with Gasteiger partial charge in [0.2, 0.25) is 0 Å². The van der Waals surface area contributed by atoms with Crippen LogP contribution in [0.1, 0.15) is 35.0 Å². The second-order valence-corrected chi connectivity index (χ2v) is 8.11. The number of nitrogens with one attached hydrogen (secondary N) is 2. The van der Waals surface area contributed by atoms with Crippen LogP contribution >= 0.6 is 0 Å². The lowest BCUT2D eigenvalue weighted by Gasteiger charge is -2.13. The molecular formula is C27H23N5O2. The molecule has 7 heteroatoms. The number of carbonyl (C=O) groups is 1. The van der Waals surface area contributed by atoms with Gasteiger partial charge in [0, 0.05) is 5.56 Å². The maximum absolute atomic E-state index is 13.0. The van der Waals surface area contributed by atoms with Crippen molar-refractivity contribution in [3.05, 3.63) is 113 Å². The van der Waals surface area contributed by atoms with Crippen LogP contribution < -0.4 is 10.9 Å². The summed E-state index contributed by atoms with van der Waals surface area (Å²) in [5.41, 5.74) is 3.60. The number of H-pyrrole nitrogens is 1.